The number of nitrogens with one attached hydrogen (secondary N) is 1. The molecule has 0 bridgehead atoms. The van der Waals surface area contributed by atoms with Gasteiger partial charge in [-0.25, -0.2) is 4.79 Å². The molecule has 0 aromatic heterocycles. The SMILES string of the molecule is CC(C)(C)OC(=O)N1CCC(C(=O)NCc2ccc(C#N)cc2)CC1. The first-order valence-corrected chi connectivity index (χ1v) is 8.53. The van der Waals surface area contributed by atoms with Crippen LogP contribution in [0.5, 0.6) is 0 Å². The first-order valence-electron chi connectivity index (χ1n) is 8.53. The number of rotatable bonds is 3. The Morgan fingerprint density at radius 2 is 1.84 bits per heavy atom. The van der Waals surface area contributed by atoms with Gasteiger partial charge in [0.25, 0.3) is 0 Å². The minimum Gasteiger partial charge on any atom is -0.444 e. The predicted molar refractivity (Wildman–Crippen MR) is 93.5 cm³/mol. The molecule has 0 atom stereocenters. The van der Waals surface area contributed by atoms with Crippen molar-refractivity contribution in [3.63, 3.8) is 0 Å². The van der Waals surface area contributed by atoms with Crippen LogP contribution < -0.4 is 5.32 Å². The number of likely N-dealkylation sites (tertiary alicyclic amines) is 1. The number of nitrogens with zero attached hydrogens (tertiary/aromatic N) is 2. The number of carbonyl (C=O) groups excluding carboxylic acids is 2. The van der Waals surface area contributed by atoms with Crippen molar-refractivity contribution in [1.29, 1.82) is 5.26 Å². The lowest BCUT2D eigenvalue weighted by atomic mass is 9.96. The summed E-state index contributed by atoms with van der Waals surface area (Å²) in [6, 6.07) is 9.22. The van der Waals surface area contributed by atoms with E-state index < -0.39 is 5.60 Å². The maximum atomic E-state index is 12.3. The number of piperidine rings is 1. The molecule has 0 saturated carbocycles. The van der Waals surface area contributed by atoms with Crippen LogP contribution in [0.1, 0.15) is 44.7 Å². The summed E-state index contributed by atoms with van der Waals surface area (Å²) in [7, 11) is 0. The average Bonchev–Trinajstić information content (AvgIpc) is 2.58. The van der Waals surface area contributed by atoms with Crippen LogP contribution in [0.4, 0.5) is 4.79 Å². The van der Waals surface area contributed by atoms with E-state index >= 15 is 0 Å². The summed E-state index contributed by atoms with van der Waals surface area (Å²) in [6.45, 7) is 7.03. The quantitative estimate of drug-likeness (QED) is 0.915. The zero-order chi connectivity index (χ0) is 18.4. The number of carbonyl (C=O) groups is 2. The topological polar surface area (TPSA) is 82.4 Å². The third-order valence-electron chi connectivity index (χ3n) is 4.07. The number of amides is 2. The summed E-state index contributed by atoms with van der Waals surface area (Å²) in [6.07, 6.45) is 0.959. The minimum atomic E-state index is -0.508. The zero-order valence-electron chi connectivity index (χ0n) is 15.0. The van der Waals surface area contributed by atoms with E-state index in [-0.39, 0.29) is 17.9 Å². The fourth-order valence-corrected chi connectivity index (χ4v) is 2.68. The predicted octanol–water partition coefficient (Wildman–Crippen LogP) is 2.82. The van der Waals surface area contributed by atoms with Gasteiger partial charge in [-0.15, -0.1) is 0 Å². The number of hydrogen-bond acceptors (Lipinski definition) is 4. The van der Waals surface area contributed by atoms with Crippen molar-refractivity contribution < 1.29 is 14.3 Å². The summed E-state index contributed by atoms with van der Waals surface area (Å²) in [5.41, 5.74) is 1.05. The Labute approximate surface area is 148 Å². The van der Waals surface area contributed by atoms with Crippen LogP contribution in [0.15, 0.2) is 24.3 Å². The molecular formula is C19H25N3O3. The maximum absolute atomic E-state index is 12.3. The lowest BCUT2D eigenvalue weighted by molar-refractivity contribution is -0.126. The fourth-order valence-electron chi connectivity index (χ4n) is 2.68. The molecule has 0 aliphatic carbocycles. The molecule has 1 aromatic rings. The Balaban J connectivity index is 1.77. The average molecular weight is 343 g/mol. The number of nitriles is 1. The highest BCUT2D eigenvalue weighted by atomic mass is 16.6. The molecule has 1 heterocycles. The van der Waals surface area contributed by atoms with Gasteiger partial charge in [0, 0.05) is 25.6 Å². The van der Waals surface area contributed by atoms with E-state index in [0.29, 0.717) is 38.0 Å². The number of ether oxygens (including phenoxy) is 1. The van der Waals surface area contributed by atoms with Crippen molar-refractivity contribution in [2.24, 2.45) is 5.92 Å². The Morgan fingerprint density at radius 3 is 2.36 bits per heavy atom. The minimum absolute atomic E-state index is 0.00759. The molecule has 6 nitrogen and oxygen atoms in total. The van der Waals surface area contributed by atoms with Crippen LogP contribution in [-0.4, -0.2) is 35.6 Å². The standard InChI is InChI=1S/C19H25N3O3/c1-19(2,3)25-18(24)22-10-8-16(9-11-22)17(23)21-13-15-6-4-14(12-20)5-7-15/h4-7,16H,8-11,13H2,1-3H3,(H,21,23). The number of benzene rings is 1. The molecule has 1 aromatic carbocycles. The number of hydrogen-bond donors (Lipinski definition) is 1. The van der Waals surface area contributed by atoms with Gasteiger partial charge in [-0.3, -0.25) is 4.79 Å². The van der Waals surface area contributed by atoms with E-state index in [2.05, 4.69) is 11.4 Å². The smallest absolute Gasteiger partial charge is 0.410 e. The zero-order valence-corrected chi connectivity index (χ0v) is 15.0. The molecule has 1 saturated heterocycles. The van der Waals surface area contributed by atoms with Gasteiger partial charge in [-0.2, -0.15) is 5.26 Å². The molecular weight excluding hydrogens is 318 g/mol. The van der Waals surface area contributed by atoms with Crippen molar-refractivity contribution in [2.75, 3.05) is 13.1 Å². The van der Waals surface area contributed by atoms with E-state index in [0.717, 1.165) is 5.56 Å². The molecule has 0 radical (unpaired) electrons. The second-order valence-corrected chi connectivity index (χ2v) is 7.27. The van der Waals surface area contributed by atoms with Gasteiger partial charge in [-0.1, -0.05) is 12.1 Å². The van der Waals surface area contributed by atoms with Crippen LogP contribution in [0, 0.1) is 17.2 Å². The third-order valence-corrected chi connectivity index (χ3v) is 4.07. The Morgan fingerprint density at radius 1 is 1.24 bits per heavy atom. The monoisotopic (exact) mass is 343 g/mol. The van der Waals surface area contributed by atoms with Gasteiger partial charge in [0.15, 0.2) is 0 Å². The molecule has 0 unspecified atom stereocenters. The van der Waals surface area contributed by atoms with Gasteiger partial charge < -0.3 is 15.0 Å². The van der Waals surface area contributed by atoms with Crippen molar-refractivity contribution in [3.8, 4) is 6.07 Å². The molecule has 1 N–H and O–H groups in total. The van der Waals surface area contributed by atoms with Crippen LogP contribution in [0.25, 0.3) is 0 Å². The van der Waals surface area contributed by atoms with Crippen LogP contribution >= 0.6 is 0 Å². The van der Waals surface area contributed by atoms with Crippen LogP contribution in [0.3, 0.4) is 0 Å². The molecule has 134 valence electrons. The Hall–Kier alpha value is -2.55. The van der Waals surface area contributed by atoms with Crippen LogP contribution in [-0.2, 0) is 16.1 Å². The lowest BCUT2D eigenvalue weighted by Crippen LogP contribution is -2.44. The molecule has 2 amide bonds. The molecule has 25 heavy (non-hydrogen) atoms. The molecule has 2 rings (SSSR count). The van der Waals surface area contributed by atoms with Crippen LogP contribution in [0.2, 0.25) is 0 Å². The normalized spacial score (nSPS) is 15.4. The first-order chi connectivity index (χ1) is 11.8. The first kappa shape index (κ1) is 18.8. The highest BCUT2D eigenvalue weighted by Gasteiger charge is 2.29. The van der Waals surface area contributed by atoms with Gasteiger partial charge in [-0.05, 0) is 51.3 Å². The largest absolute Gasteiger partial charge is 0.444 e. The Bertz CT molecular complexity index is 648. The van der Waals surface area contributed by atoms with Gasteiger partial charge in [0.1, 0.15) is 5.60 Å². The van der Waals surface area contributed by atoms with E-state index in [1.807, 2.05) is 32.9 Å². The van der Waals surface area contributed by atoms with E-state index in [9.17, 15) is 9.59 Å². The van der Waals surface area contributed by atoms with Crippen molar-refractivity contribution >= 4 is 12.0 Å². The van der Waals surface area contributed by atoms with E-state index in [1.165, 1.54) is 0 Å². The van der Waals surface area contributed by atoms with E-state index in [1.54, 1.807) is 17.0 Å². The maximum Gasteiger partial charge on any atom is 0.410 e. The highest BCUT2D eigenvalue weighted by molar-refractivity contribution is 5.79. The second kappa shape index (κ2) is 8.02. The van der Waals surface area contributed by atoms with Crippen molar-refractivity contribution in [3.05, 3.63) is 35.4 Å². The highest BCUT2D eigenvalue weighted by Crippen LogP contribution is 2.20. The second-order valence-electron chi connectivity index (χ2n) is 7.27. The molecule has 1 aliphatic heterocycles. The molecule has 1 aliphatic rings. The molecule has 1 fully saturated rings. The molecule has 6 heteroatoms. The summed E-state index contributed by atoms with van der Waals surface area (Å²) in [4.78, 5) is 26.0. The summed E-state index contributed by atoms with van der Waals surface area (Å²) < 4.78 is 5.36. The molecule has 0 spiro atoms. The third kappa shape index (κ3) is 5.79. The van der Waals surface area contributed by atoms with Gasteiger partial charge >= 0.3 is 6.09 Å². The summed E-state index contributed by atoms with van der Waals surface area (Å²) in [5.74, 6) is -0.0785. The summed E-state index contributed by atoms with van der Waals surface area (Å²) >= 11 is 0. The van der Waals surface area contributed by atoms with Crippen molar-refractivity contribution in [2.45, 2.75) is 45.8 Å². The van der Waals surface area contributed by atoms with Crippen molar-refractivity contribution in [1.82, 2.24) is 10.2 Å². The summed E-state index contributed by atoms with van der Waals surface area (Å²) in [5, 5.41) is 11.7. The fraction of sp³-hybridized carbons (Fsp3) is 0.526. The van der Waals surface area contributed by atoms with Gasteiger partial charge in [0.2, 0.25) is 5.91 Å². The lowest BCUT2D eigenvalue weighted by Gasteiger charge is -2.32. The van der Waals surface area contributed by atoms with Gasteiger partial charge in [0.05, 0.1) is 11.6 Å². The Kier molecular flexibility index (Phi) is 6.02. The van der Waals surface area contributed by atoms with E-state index in [4.69, 9.17) is 10.00 Å².